The van der Waals surface area contributed by atoms with Crippen LogP contribution in [0.25, 0.3) is 0 Å². The first kappa shape index (κ1) is 19.2. The number of imide groups is 1. The number of ether oxygens (including phenoxy) is 2. The molecule has 144 valence electrons. The minimum absolute atomic E-state index is 0.0257. The van der Waals surface area contributed by atoms with Gasteiger partial charge in [-0.25, -0.2) is 4.90 Å². The summed E-state index contributed by atoms with van der Waals surface area (Å²) in [4.78, 5) is 37.2. The van der Waals surface area contributed by atoms with Crippen LogP contribution < -0.4 is 24.8 Å². The van der Waals surface area contributed by atoms with Gasteiger partial charge in [0.05, 0.1) is 25.9 Å². The number of halogens is 1. The highest BCUT2D eigenvalue weighted by Crippen LogP contribution is 2.37. The van der Waals surface area contributed by atoms with E-state index in [1.54, 1.807) is 12.1 Å². The number of anilines is 2. The van der Waals surface area contributed by atoms with Gasteiger partial charge in [-0.1, -0.05) is 23.7 Å². The van der Waals surface area contributed by atoms with E-state index in [1.807, 2.05) is 0 Å². The first-order chi connectivity index (χ1) is 13.4. The Kier molecular flexibility index (Phi) is 5.23. The van der Waals surface area contributed by atoms with Gasteiger partial charge in [0.25, 0.3) is 11.8 Å². The summed E-state index contributed by atoms with van der Waals surface area (Å²) in [5.41, 5.74) is 0.387. The van der Waals surface area contributed by atoms with Gasteiger partial charge < -0.3 is 24.7 Å². The van der Waals surface area contributed by atoms with E-state index in [4.69, 9.17) is 21.1 Å². The Balaban J connectivity index is 1.93. The molecule has 0 fully saturated rings. The highest BCUT2D eigenvalue weighted by atomic mass is 35.5. The molecular weight excluding hydrogens is 388 g/mol. The lowest BCUT2D eigenvalue weighted by atomic mass is 10.2. The van der Waals surface area contributed by atoms with Gasteiger partial charge >= 0.3 is 0 Å². The average molecular weight is 402 g/mol. The van der Waals surface area contributed by atoms with Gasteiger partial charge in [0.1, 0.15) is 22.2 Å². The predicted molar refractivity (Wildman–Crippen MR) is 99.3 cm³/mol. The molecule has 0 bridgehead atoms. The first-order valence-electron chi connectivity index (χ1n) is 7.96. The molecule has 0 atom stereocenters. The second-order valence-corrected chi connectivity index (χ2v) is 6.04. The maximum Gasteiger partial charge on any atom is 0.283 e. The number of aromatic carboxylic acids is 1. The van der Waals surface area contributed by atoms with Gasteiger partial charge in [0, 0.05) is 11.8 Å². The SMILES string of the molecule is COc1ccc(OC)c(N2C(=O)C(Cl)=C(Nc3ccc(C(=O)[O-])cc3)C2=O)c1. The number of carbonyl (C=O) groups is 3. The van der Waals surface area contributed by atoms with Gasteiger partial charge in [0.2, 0.25) is 0 Å². The van der Waals surface area contributed by atoms with Gasteiger partial charge in [0.15, 0.2) is 0 Å². The average Bonchev–Trinajstić information content (AvgIpc) is 2.91. The van der Waals surface area contributed by atoms with Crippen LogP contribution >= 0.6 is 11.6 Å². The summed E-state index contributed by atoms with van der Waals surface area (Å²) in [5, 5.41) is 13.3. The molecule has 1 aliphatic rings. The largest absolute Gasteiger partial charge is 0.545 e. The third-order valence-electron chi connectivity index (χ3n) is 4.04. The van der Waals surface area contributed by atoms with Gasteiger partial charge in [-0.3, -0.25) is 9.59 Å². The van der Waals surface area contributed by atoms with Crippen LogP contribution in [0.4, 0.5) is 11.4 Å². The molecule has 0 aliphatic carbocycles. The molecule has 0 unspecified atom stereocenters. The molecule has 1 heterocycles. The summed E-state index contributed by atoms with van der Waals surface area (Å²) in [5.74, 6) is -2.04. The van der Waals surface area contributed by atoms with Crippen molar-refractivity contribution in [2.45, 2.75) is 0 Å². The maximum absolute atomic E-state index is 12.9. The molecule has 9 heteroatoms. The standard InChI is InChI=1S/C19H15ClN2O6/c1-27-12-7-8-14(28-2)13(9-12)22-17(23)15(20)16(18(22)24)21-11-5-3-10(4-6-11)19(25)26/h3-9,21H,1-2H3,(H,25,26)/p-1. The van der Waals surface area contributed by atoms with E-state index < -0.39 is 17.8 Å². The molecule has 2 aromatic rings. The van der Waals surface area contributed by atoms with Crippen molar-refractivity contribution in [3.63, 3.8) is 0 Å². The Bertz CT molecular complexity index is 1000. The van der Waals surface area contributed by atoms with Crippen molar-refractivity contribution in [2.75, 3.05) is 24.4 Å². The third kappa shape index (κ3) is 3.37. The lowest BCUT2D eigenvalue weighted by Crippen LogP contribution is -2.32. The molecule has 0 aromatic heterocycles. The van der Waals surface area contributed by atoms with Crippen molar-refractivity contribution in [1.29, 1.82) is 0 Å². The number of nitrogens with one attached hydrogen (secondary N) is 1. The Morgan fingerprint density at radius 2 is 1.71 bits per heavy atom. The normalized spacial score (nSPS) is 13.8. The molecule has 28 heavy (non-hydrogen) atoms. The number of carboxylic acid groups (broad SMARTS) is 1. The van der Waals surface area contributed by atoms with Crippen LogP contribution in [0.5, 0.6) is 11.5 Å². The van der Waals surface area contributed by atoms with E-state index in [-0.39, 0.29) is 27.7 Å². The summed E-state index contributed by atoms with van der Waals surface area (Å²) in [7, 11) is 2.86. The quantitative estimate of drug-likeness (QED) is 0.731. The van der Waals surface area contributed by atoms with E-state index in [0.717, 1.165) is 4.90 Å². The maximum atomic E-state index is 12.9. The van der Waals surface area contributed by atoms with E-state index in [2.05, 4.69) is 5.32 Å². The van der Waals surface area contributed by atoms with E-state index in [0.29, 0.717) is 11.4 Å². The second-order valence-electron chi connectivity index (χ2n) is 5.66. The molecule has 1 N–H and O–H groups in total. The zero-order chi connectivity index (χ0) is 20.4. The van der Waals surface area contributed by atoms with Crippen molar-refractivity contribution >= 4 is 40.8 Å². The Morgan fingerprint density at radius 1 is 1.04 bits per heavy atom. The summed E-state index contributed by atoms with van der Waals surface area (Å²) in [6.45, 7) is 0. The zero-order valence-corrected chi connectivity index (χ0v) is 15.6. The lowest BCUT2D eigenvalue weighted by molar-refractivity contribution is -0.255. The minimum Gasteiger partial charge on any atom is -0.545 e. The summed E-state index contributed by atoms with van der Waals surface area (Å²) < 4.78 is 10.4. The van der Waals surface area contributed by atoms with E-state index >= 15 is 0 Å². The Labute approximate surface area is 164 Å². The fourth-order valence-electron chi connectivity index (χ4n) is 2.64. The molecule has 0 saturated heterocycles. The molecule has 0 radical (unpaired) electrons. The molecule has 2 amide bonds. The van der Waals surface area contributed by atoms with Crippen molar-refractivity contribution in [1.82, 2.24) is 0 Å². The molecule has 0 saturated carbocycles. The van der Waals surface area contributed by atoms with Crippen molar-refractivity contribution in [3.8, 4) is 11.5 Å². The van der Waals surface area contributed by atoms with E-state index in [9.17, 15) is 19.5 Å². The fourth-order valence-corrected chi connectivity index (χ4v) is 2.85. The topological polar surface area (TPSA) is 108 Å². The Morgan fingerprint density at radius 3 is 2.29 bits per heavy atom. The first-order valence-corrected chi connectivity index (χ1v) is 8.34. The fraction of sp³-hybridized carbons (Fsp3) is 0.105. The summed E-state index contributed by atoms with van der Waals surface area (Å²) in [6.07, 6.45) is 0. The highest BCUT2D eigenvalue weighted by molar-refractivity contribution is 6.53. The number of hydrogen-bond acceptors (Lipinski definition) is 7. The van der Waals surface area contributed by atoms with Crippen LogP contribution in [0, 0.1) is 0 Å². The Hall–Kier alpha value is -3.52. The van der Waals surface area contributed by atoms with Crippen molar-refractivity contribution < 1.29 is 29.0 Å². The summed E-state index contributed by atoms with van der Waals surface area (Å²) in [6, 6.07) is 10.1. The molecule has 2 aromatic carbocycles. The molecule has 8 nitrogen and oxygen atoms in total. The van der Waals surface area contributed by atoms with Gasteiger partial charge in [-0.15, -0.1) is 0 Å². The number of hydrogen-bond donors (Lipinski definition) is 1. The number of amides is 2. The monoisotopic (exact) mass is 401 g/mol. The summed E-state index contributed by atoms with van der Waals surface area (Å²) >= 11 is 6.10. The molecule has 1 aliphatic heterocycles. The van der Waals surface area contributed by atoms with Crippen LogP contribution in [-0.4, -0.2) is 32.0 Å². The van der Waals surface area contributed by atoms with Crippen LogP contribution in [0.2, 0.25) is 0 Å². The van der Waals surface area contributed by atoms with Gasteiger partial charge in [-0.05, 0) is 29.8 Å². The number of nitrogens with zero attached hydrogens (tertiary/aromatic N) is 1. The van der Waals surface area contributed by atoms with Crippen LogP contribution in [0.15, 0.2) is 53.2 Å². The predicted octanol–water partition coefficient (Wildman–Crippen LogP) is 1.50. The number of carboxylic acids is 1. The number of benzene rings is 2. The molecular formula is C19H14ClN2O6-. The molecule has 0 spiro atoms. The minimum atomic E-state index is -1.33. The second kappa shape index (κ2) is 7.61. The number of rotatable bonds is 6. The highest BCUT2D eigenvalue weighted by Gasteiger charge is 2.40. The molecule has 3 rings (SSSR count). The third-order valence-corrected chi connectivity index (χ3v) is 4.39. The number of methoxy groups -OCH3 is 2. The smallest absolute Gasteiger partial charge is 0.283 e. The van der Waals surface area contributed by atoms with Crippen LogP contribution in [0.1, 0.15) is 10.4 Å². The van der Waals surface area contributed by atoms with E-state index in [1.165, 1.54) is 44.6 Å². The van der Waals surface area contributed by atoms with Crippen LogP contribution in [0.3, 0.4) is 0 Å². The lowest BCUT2D eigenvalue weighted by Gasteiger charge is -2.19. The number of carbonyl (C=O) groups excluding carboxylic acids is 3. The van der Waals surface area contributed by atoms with Crippen molar-refractivity contribution in [3.05, 3.63) is 58.8 Å². The van der Waals surface area contributed by atoms with Crippen molar-refractivity contribution in [2.24, 2.45) is 0 Å². The van der Waals surface area contributed by atoms with Gasteiger partial charge in [-0.2, -0.15) is 0 Å². The zero-order valence-electron chi connectivity index (χ0n) is 14.8. The van der Waals surface area contributed by atoms with Crippen LogP contribution in [-0.2, 0) is 9.59 Å².